The Morgan fingerprint density at radius 2 is 1.94 bits per heavy atom. The van der Waals surface area contributed by atoms with Crippen LogP contribution >= 0.6 is 11.6 Å². The van der Waals surface area contributed by atoms with Gasteiger partial charge in [0.25, 0.3) is 0 Å². The van der Waals surface area contributed by atoms with E-state index in [1.165, 1.54) is 16.4 Å². The zero-order valence-corrected chi connectivity index (χ0v) is 20.6. The monoisotopic (exact) mass is 492 g/mol. The van der Waals surface area contributed by atoms with Gasteiger partial charge < -0.3 is 14.8 Å². The van der Waals surface area contributed by atoms with Gasteiger partial charge in [-0.05, 0) is 63.1 Å². The molecule has 1 saturated heterocycles. The van der Waals surface area contributed by atoms with Gasteiger partial charge in [0, 0.05) is 36.2 Å². The lowest BCUT2D eigenvalue weighted by Crippen LogP contribution is -2.48. The van der Waals surface area contributed by atoms with Crippen LogP contribution in [0.5, 0.6) is 11.5 Å². The zero-order chi connectivity index (χ0) is 23.8. The highest BCUT2D eigenvalue weighted by Gasteiger charge is 2.38. The Labute approximate surface area is 200 Å². The SMILES string of the molecule is COc1ccc2c(c1)OC(C)(C)CC2NC(=O)C1CCCN(S(=O)(=O)c2ccc(Cl)cc2)C1. The van der Waals surface area contributed by atoms with Crippen LogP contribution in [0.1, 0.15) is 44.7 Å². The lowest BCUT2D eigenvalue weighted by molar-refractivity contribution is -0.127. The van der Waals surface area contributed by atoms with E-state index in [4.69, 9.17) is 21.1 Å². The number of carbonyl (C=O) groups excluding carboxylic acids is 1. The summed E-state index contributed by atoms with van der Waals surface area (Å²) >= 11 is 5.90. The smallest absolute Gasteiger partial charge is 0.243 e. The quantitative estimate of drug-likeness (QED) is 0.677. The summed E-state index contributed by atoms with van der Waals surface area (Å²) in [5, 5.41) is 3.63. The molecule has 2 aliphatic heterocycles. The van der Waals surface area contributed by atoms with Crippen LogP contribution in [0.3, 0.4) is 0 Å². The Balaban J connectivity index is 1.50. The van der Waals surface area contributed by atoms with Crippen LogP contribution in [0.2, 0.25) is 5.02 Å². The number of benzene rings is 2. The maximum atomic E-state index is 13.2. The van der Waals surface area contributed by atoms with E-state index < -0.39 is 21.5 Å². The number of piperidine rings is 1. The Morgan fingerprint density at radius 1 is 1.21 bits per heavy atom. The molecule has 1 fully saturated rings. The highest BCUT2D eigenvalue weighted by Crippen LogP contribution is 2.41. The molecule has 2 aromatic carbocycles. The first-order chi connectivity index (χ1) is 15.6. The largest absolute Gasteiger partial charge is 0.497 e. The molecule has 0 spiro atoms. The number of rotatable bonds is 5. The van der Waals surface area contributed by atoms with Crippen LogP contribution in [-0.4, -0.2) is 44.4 Å². The minimum Gasteiger partial charge on any atom is -0.497 e. The average Bonchev–Trinajstić information content (AvgIpc) is 2.78. The Kier molecular flexibility index (Phi) is 6.62. The number of fused-ring (bicyclic) bond motifs is 1. The molecule has 0 bridgehead atoms. The molecule has 2 aromatic rings. The van der Waals surface area contributed by atoms with E-state index in [1.54, 1.807) is 19.2 Å². The second-order valence-corrected chi connectivity index (χ2v) is 11.6. The number of carbonyl (C=O) groups is 1. The fraction of sp³-hybridized carbons (Fsp3) is 0.458. The topological polar surface area (TPSA) is 84.9 Å². The van der Waals surface area contributed by atoms with E-state index in [2.05, 4.69) is 5.32 Å². The fourth-order valence-corrected chi connectivity index (χ4v) is 6.16. The molecule has 2 aliphatic rings. The average molecular weight is 493 g/mol. The van der Waals surface area contributed by atoms with Crippen molar-refractivity contribution in [2.24, 2.45) is 5.92 Å². The number of ether oxygens (including phenoxy) is 2. The summed E-state index contributed by atoms with van der Waals surface area (Å²) in [6.45, 7) is 4.51. The Bertz CT molecular complexity index is 1130. The molecule has 2 unspecified atom stereocenters. The van der Waals surface area contributed by atoms with Crippen LogP contribution in [0.25, 0.3) is 0 Å². The summed E-state index contributed by atoms with van der Waals surface area (Å²) < 4.78 is 39.0. The Hall–Kier alpha value is -2.29. The molecule has 178 valence electrons. The second kappa shape index (κ2) is 9.16. The van der Waals surface area contributed by atoms with Crippen molar-refractivity contribution in [1.29, 1.82) is 0 Å². The first-order valence-electron chi connectivity index (χ1n) is 11.0. The summed E-state index contributed by atoms with van der Waals surface area (Å²) in [6, 6.07) is 11.5. The highest BCUT2D eigenvalue weighted by atomic mass is 35.5. The van der Waals surface area contributed by atoms with Gasteiger partial charge >= 0.3 is 0 Å². The fourth-order valence-electron chi connectivity index (χ4n) is 4.51. The van der Waals surface area contributed by atoms with E-state index in [9.17, 15) is 13.2 Å². The van der Waals surface area contributed by atoms with Gasteiger partial charge in [0.1, 0.15) is 17.1 Å². The molecule has 0 aliphatic carbocycles. The molecule has 7 nitrogen and oxygen atoms in total. The van der Waals surface area contributed by atoms with Gasteiger partial charge in [-0.25, -0.2) is 8.42 Å². The molecule has 33 heavy (non-hydrogen) atoms. The molecule has 1 amide bonds. The van der Waals surface area contributed by atoms with Gasteiger partial charge in [-0.3, -0.25) is 4.79 Å². The first kappa shape index (κ1) is 23.9. The molecular formula is C24H29ClN2O5S. The van der Waals surface area contributed by atoms with Crippen molar-refractivity contribution in [3.63, 3.8) is 0 Å². The normalized spacial score (nSPS) is 22.7. The molecular weight excluding hydrogens is 464 g/mol. The van der Waals surface area contributed by atoms with Crippen LogP contribution < -0.4 is 14.8 Å². The van der Waals surface area contributed by atoms with E-state index in [0.29, 0.717) is 42.3 Å². The van der Waals surface area contributed by atoms with Gasteiger partial charge in [-0.1, -0.05) is 11.6 Å². The van der Waals surface area contributed by atoms with Crippen molar-refractivity contribution in [2.75, 3.05) is 20.2 Å². The van der Waals surface area contributed by atoms with Crippen molar-refractivity contribution >= 4 is 27.5 Å². The highest BCUT2D eigenvalue weighted by molar-refractivity contribution is 7.89. The van der Waals surface area contributed by atoms with Crippen LogP contribution in [-0.2, 0) is 14.8 Å². The van der Waals surface area contributed by atoms with Crippen molar-refractivity contribution in [3.8, 4) is 11.5 Å². The summed E-state index contributed by atoms with van der Waals surface area (Å²) in [5.41, 5.74) is 0.429. The Morgan fingerprint density at radius 3 is 2.64 bits per heavy atom. The number of hydrogen-bond donors (Lipinski definition) is 1. The maximum Gasteiger partial charge on any atom is 0.243 e. The maximum absolute atomic E-state index is 13.2. The molecule has 4 rings (SSSR count). The lowest BCUT2D eigenvalue weighted by atomic mass is 9.88. The number of amides is 1. The molecule has 0 aromatic heterocycles. The van der Waals surface area contributed by atoms with Gasteiger partial charge in [-0.15, -0.1) is 0 Å². The summed E-state index contributed by atoms with van der Waals surface area (Å²) in [4.78, 5) is 13.4. The summed E-state index contributed by atoms with van der Waals surface area (Å²) in [5.74, 6) is 0.808. The molecule has 1 N–H and O–H groups in total. The number of sulfonamides is 1. The number of hydrogen-bond acceptors (Lipinski definition) is 5. The van der Waals surface area contributed by atoms with Crippen molar-refractivity contribution in [3.05, 3.63) is 53.1 Å². The summed E-state index contributed by atoms with van der Waals surface area (Å²) in [6.07, 6.45) is 1.87. The van der Waals surface area contributed by atoms with E-state index in [1.807, 2.05) is 32.0 Å². The number of methoxy groups -OCH3 is 1. The predicted octanol–water partition coefficient (Wildman–Crippen LogP) is 4.17. The predicted molar refractivity (Wildman–Crippen MR) is 126 cm³/mol. The third-order valence-electron chi connectivity index (χ3n) is 6.20. The minimum absolute atomic E-state index is 0.143. The van der Waals surface area contributed by atoms with Crippen molar-refractivity contribution in [2.45, 2.75) is 49.6 Å². The van der Waals surface area contributed by atoms with E-state index in [0.717, 1.165) is 5.56 Å². The summed E-state index contributed by atoms with van der Waals surface area (Å²) in [7, 11) is -2.09. The minimum atomic E-state index is -3.69. The number of halogens is 1. The number of nitrogens with one attached hydrogen (secondary N) is 1. The standard InChI is InChI=1S/C24H29ClN2O5S/c1-24(2)14-21(20-11-8-18(31-3)13-22(20)32-24)26-23(28)16-5-4-12-27(15-16)33(29,30)19-9-6-17(25)7-10-19/h6-11,13,16,21H,4-5,12,14-15H2,1-3H3,(H,26,28). The van der Waals surface area contributed by atoms with Gasteiger partial charge in [0.05, 0.1) is 24.0 Å². The van der Waals surface area contributed by atoms with Crippen LogP contribution in [0.4, 0.5) is 0 Å². The molecule has 2 heterocycles. The second-order valence-electron chi connectivity index (χ2n) is 9.19. The van der Waals surface area contributed by atoms with E-state index in [-0.39, 0.29) is 23.4 Å². The molecule has 9 heteroatoms. The number of nitrogens with zero attached hydrogens (tertiary/aromatic N) is 1. The van der Waals surface area contributed by atoms with Gasteiger partial charge in [0.15, 0.2) is 0 Å². The van der Waals surface area contributed by atoms with E-state index >= 15 is 0 Å². The molecule has 0 radical (unpaired) electrons. The van der Waals surface area contributed by atoms with Crippen LogP contribution in [0, 0.1) is 5.92 Å². The lowest BCUT2D eigenvalue weighted by Gasteiger charge is -2.39. The molecule has 2 atom stereocenters. The van der Waals surface area contributed by atoms with Crippen molar-refractivity contribution in [1.82, 2.24) is 9.62 Å². The third-order valence-corrected chi connectivity index (χ3v) is 8.33. The third kappa shape index (κ3) is 5.13. The van der Waals surface area contributed by atoms with Gasteiger partial charge in [0.2, 0.25) is 15.9 Å². The van der Waals surface area contributed by atoms with Gasteiger partial charge in [-0.2, -0.15) is 4.31 Å². The first-order valence-corrected chi connectivity index (χ1v) is 12.8. The van der Waals surface area contributed by atoms with Crippen LogP contribution in [0.15, 0.2) is 47.4 Å². The van der Waals surface area contributed by atoms with Crippen molar-refractivity contribution < 1.29 is 22.7 Å². The molecule has 0 saturated carbocycles. The zero-order valence-electron chi connectivity index (χ0n) is 19.0.